The molecule has 2 aromatic rings. The van der Waals surface area contributed by atoms with Crippen LogP contribution in [0.2, 0.25) is 5.15 Å². The maximum absolute atomic E-state index is 12.6. The number of aromatic carboxylic acids is 1. The minimum atomic E-state index is -1.03. The summed E-state index contributed by atoms with van der Waals surface area (Å²) in [6, 6.07) is -0.318. The van der Waals surface area contributed by atoms with E-state index in [0.29, 0.717) is 36.8 Å². The van der Waals surface area contributed by atoms with E-state index >= 15 is 0 Å². The number of aromatic amines is 1. The molecule has 0 unspecified atom stereocenters. The van der Waals surface area contributed by atoms with Crippen LogP contribution in [-0.2, 0) is 11.2 Å². The van der Waals surface area contributed by atoms with Crippen molar-refractivity contribution in [1.29, 1.82) is 0 Å². The fourth-order valence-corrected chi connectivity index (χ4v) is 4.25. The standard InChI is InChI=1S/C18H23ClFN5O4S/c1-2-10-14(19)24-15(22-10)16(26)23-11-4-6-25(9-12(11)29-7-3-5-20)18-21-8-13(30-18)17(27)28/h8,11-12H,2-7,9H2,1H3,(H,22,24)(H,23,26)(H,27,28)/t11-,12+/m0/s1. The number of carboxylic acids is 1. The topological polar surface area (TPSA) is 120 Å². The summed E-state index contributed by atoms with van der Waals surface area (Å²) in [7, 11) is 0. The van der Waals surface area contributed by atoms with E-state index in [1.54, 1.807) is 0 Å². The number of rotatable bonds is 9. The number of thiazole rings is 1. The van der Waals surface area contributed by atoms with Gasteiger partial charge < -0.3 is 25.0 Å². The number of alkyl halides is 1. The fourth-order valence-electron chi connectivity index (χ4n) is 3.19. The number of nitrogens with zero attached hydrogens (tertiary/aromatic N) is 3. The van der Waals surface area contributed by atoms with Gasteiger partial charge in [0.05, 0.1) is 30.7 Å². The van der Waals surface area contributed by atoms with Crippen molar-refractivity contribution in [1.82, 2.24) is 20.3 Å². The largest absolute Gasteiger partial charge is 0.477 e. The van der Waals surface area contributed by atoms with Crippen molar-refractivity contribution in [3.8, 4) is 0 Å². The first-order valence-electron chi connectivity index (χ1n) is 9.59. The zero-order valence-corrected chi connectivity index (χ0v) is 17.9. The Bertz CT molecular complexity index is 892. The molecule has 0 bridgehead atoms. The number of carbonyl (C=O) groups excluding carboxylic acids is 1. The second kappa shape index (κ2) is 10.2. The Balaban J connectivity index is 1.69. The molecule has 2 aromatic heterocycles. The van der Waals surface area contributed by atoms with Crippen LogP contribution in [0, 0.1) is 0 Å². The van der Waals surface area contributed by atoms with Crippen molar-refractivity contribution in [3.63, 3.8) is 0 Å². The van der Waals surface area contributed by atoms with Gasteiger partial charge in [-0.2, -0.15) is 0 Å². The van der Waals surface area contributed by atoms with Crippen LogP contribution in [0.25, 0.3) is 0 Å². The van der Waals surface area contributed by atoms with Gasteiger partial charge in [0.25, 0.3) is 5.91 Å². The minimum absolute atomic E-state index is 0.132. The number of carboxylic acid groups (broad SMARTS) is 1. The van der Waals surface area contributed by atoms with Gasteiger partial charge in [0.15, 0.2) is 16.1 Å². The lowest BCUT2D eigenvalue weighted by Gasteiger charge is -2.38. The van der Waals surface area contributed by atoms with Gasteiger partial charge in [0, 0.05) is 19.7 Å². The highest BCUT2D eigenvalue weighted by atomic mass is 35.5. The van der Waals surface area contributed by atoms with Crippen molar-refractivity contribution in [2.75, 3.05) is 31.3 Å². The van der Waals surface area contributed by atoms with Crippen molar-refractivity contribution >= 4 is 39.9 Å². The monoisotopic (exact) mass is 459 g/mol. The first-order valence-corrected chi connectivity index (χ1v) is 10.8. The number of aromatic nitrogens is 3. The second-order valence-corrected chi connectivity index (χ2v) is 8.15. The molecule has 0 saturated carbocycles. The zero-order valence-electron chi connectivity index (χ0n) is 16.4. The molecule has 164 valence electrons. The predicted molar refractivity (Wildman–Crippen MR) is 110 cm³/mol. The third-order valence-corrected chi connectivity index (χ3v) is 6.12. The molecular formula is C18H23ClFN5O4S. The summed E-state index contributed by atoms with van der Waals surface area (Å²) in [5.41, 5.74) is 0.686. The van der Waals surface area contributed by atoms with E-state index in [0.717, 1.165) is 11.3 Å². The molecule has 0 aromatic carbocycles. The van der Waals surface area contributed by atoms with E-state index in [1.807, 2.05) is 11.8 Å². The van der Waals surface area contributed by atoms with Gasteiger partial charge in [-0.05, 0) is 19.3 Å². The molecule has 3 N–H and O–H groups in total. The quantitative estimate of drug-likeness (QED) is 0.493. The van der Waals surface area contributed by atoms with Crippen LogP contribution < -0.4 is 10.2 Å². The van der Waals surface area contributed by atoms with Crippen molar-refractivity contribution < 1.29 is 23.8 Å². The number of aryl methyl sites for hydroxylation is 1. The second-order valence-electron chi connectivity index (χ2n) is 6.79. The SMILES string of the molecule is CCc1[nH]c(C(=O)N[C@H]2CCN(c3ncc(C(=O)O)s3)C[C@H]2OCCCF)nc1Cl. The van der Waals surface area contributed by atoms with E-state index < -0.39 is 24.7 Å². The van der Waals surface area contributed by atoms with E-state index in [9.17, 15) is 14.0 Å². The number of halogens is 2. The molecule has 1 amide bonds. The number of H-pyrrole nitrogens is 1. The van der Waals surface area contributed by atoms with E-state index in [2.05, 4.69) is 20.3 Å². The fraction of sp³-hybridized carbons (Fsp3) is 0.556. The Morgan fingerprint density at radius 2 is 2.33 bits per heavy atom. The first-order chi connectivity index (χ1) is 14.4. The highest BCUT2D eigenvalue weighted by Crippen LogP contribution is 2.27. The molecule has 1 fully saturated rings. The number of imidazole rings is 1. The maximum Gasteiger partial charge on any atom is 0.347 e. The molecule has 1 saturated heterocycles. The first kappa shape index (κ1) is 22.4. The number of hydrogen-bond donors (Lipinski definition) is 3. The van der Waals surface area contributed by atoms with E-state index in [1.165, 1.54) is 6.20 Å². The summed E-state index contributed by atoms with van der Waals surface area (Å²) in [5.74, 6) is -1.29. The molecule has 1 aliphatic heterocycles. The summed E-state index contributed by atoms with van der Waals surface area (Å²) in [6.45, 7) is 2.57. The van der Waals surface area contributed by atoms with Crippen LogP contribution >= 0.6 is 22.9 Å². The van der Waals surface area contributed by atoms with Crippen molar-refractivity contribution in [2.24, 2.45) is 0 Å². The summed E-state index contributed by atoms with van der Waals surface area (Å²) in [5, 5.41) is 12.9. The molecule has 9 nitrogen and oxygen atoms in total. The highest BCUT2D eigenvalue weighted by molar-refractivity contribution is 7.17. The van der Waals surface area contributed by atoms with Gasteiger partial charge >= 0.3 is 5.97 Å². The Labute approximate surface area is 181 Å². The molecule has 12 heteroatoms. The average molecular weight is 460 g/mol. The molecule has 1 aliphatic rings. The number of hydrogen-bond acceptors (Lipinski definition) is 7. The Morgan fingerprint density at radius 1 is 1.53 bits per heavy atom. The number of ether oxygens (including phenoxy) is 1. The van der Waals surface area contributed by atoms with Gasteiger partial charge in [0.2, 0.25) is 0 Å². The van der Waals surface area contributed by atoms with Gasteiger partial charge in [-0.15, -0.1) is 0 Å². The van der Waals surface area contributed by atoms with Crippen LogP contribution in [0.3, 0.4) is 0 Å². The maximum atomic E-state index is 12.6. The molecular weight excluding hydrogens is 437 g/mol. The number of anilines is 1. The molecule has 3 heterocycles. The van der Waals surface area contributed by atoms with E-state index in [4.69, 9.17) is 21.4 Å². The summed E-state index contributed by atoms with van der Waals surface area (Å²) < 4.78 is 18.4. The summed E-state index contributed by atoms with van der Waals surface area (Å²) >= 11 is 7.10. The van der Waals surface area contributed by atoms with Gasteiger partial charge in [-0.25, -0.2) is 14.8 Å². The van der Waals surface area contributed by atoms with Crippen LogP contribution in [0.1, 0.15) is 45.7 Å². The lowest BCUT2D eigenvalue weighted by atomic mass is 10.0. The number of carbonyl (C=O) groups is 2. The van der Waals surface area contributed by atoms with Gasteiger partial charge in [-0.1, -0.05) is 29.9 Å². The Hall–Kier alpha value is -2.24. The zero-order chi connectivity index (χ0) is 21.7. The molecule has 0 spiro atoms. The third-order valence-electron chi connectivity index (χ3n) is 4.76. The molecule has 30 heavy (non-hydrogen) atoms. The lowest BCUT2D eigenvalue weighted by Crippen LogP contribution is -2.55. The Kier molecular flexibility index (Phi) is 7.62. The number of piperidine rings is 1. The minimum Gasteiger partial charge on any atom is -0.477 e. The van der Waals surface area contributed by atoms with Gasteiger partial charge in [-0.3, -0.25) is 9.18 Å². The van der Waals surface area contributed by atoms with Crippen LogP contribution in [0.5, 0.6) is 0 Å². The van der Waals surface area contributed by atoms with Gasteiger partial charge in [0.1, 0.15) is 4.88 Å². The smallest absolute Gasteiger partial charge is 0.347 e. The van der Waals surface area contributed by atoms with Crippen LogP contribution in [0.15, 0.2) is 6.20 Å². The van der Waals surface area contributed by atoms with Crippen LogP contribution in [0.4, 0.5) is 9.52 Å². The van der Waals surface area contributed by atoms with Crippen molar-refractivity contribution in [3.05, 3.63) is 27.7 Å². The number of nitrogens with one attached hydrogen (secondary N) is 2. The highest BCUT2D eigenvalue weighted by Gasteiger charge is 2.33. The predicted octanol–water partition coefficient (Wildman–Crippen LogP) is 2.53. The molecule has 3 rings (SSSR count). The van der Waals surface area contributed by atoms with E-state index in [-0.39, 0.29) is 34.9 Å². The summed E-state index contributed by atoms with van der Waals surface area (Å²) in [6.07, 6.45) is 2.33. The van der Waals surface area contributed by atoms with Crippen LogP contribution in [-0.4, -0.2) is 70.5 Å². The Morgan fingerprint density at radius 3 is 2.97 bits per heavy atom. The summed E-state index contributed by atoms with van der Waals surface area (Å²) in [4.78, 5) is 37.0. The molecule has 0 aliphatic carbocycles. The van der Waals surface area contributed by atoms with Crippen molar-refractivity contribution in [2.45, 2.75) is 38.3 Å². The normalized spacial score (nSPS) is 19.1. The third kappa shape index (κ3) is 5.27. The molecule has 2 atom stereocenters. The number of amides is 1. The lowest BCUT2D eigenvalue weighted by molar-refractivity contribution is 0.0171. The molecule has 0 radical (unpaired) electrons. The average Bonchev–Trinajstić information content (AvgIpc) is 3.36.